The number of nitrogens with zero attached hydrogens (tertiary/aromatic N) is 5. The molecule has 0 aliphatic rings. The Morgan fingerprint density at radius 1 is 1.12 bits per heavy atom. The summed E-state index contributed by atoms with van der Waals surface area (Å²) in [7, 11) is 1.80. The van der Waals surface area contributed by atoms with Crippen LogP contribution in [0.3, 0.4) is 0 Å². The molecule has 25 heavy (non-hydrogen) atoms. The molecule has 0 aliphatic carbocycles. The van der Waals surface area contributed by atoms with E-state index in [1.165, 1.54) is 18.3 Å². The van der Waals surface area contributed by atoms with Crippen molar-refractivity contribution in [3.05, 3.63) is 66.4 Å². The lowest BCUT2D eigenvalue weighted by Gasteiger charge is -2.10. The van der Waals surface area contributed by atoms with Gasteiger partial charge < -0.3 is 4.74 Å². The van der Waals surface area contributed by atoms with E-state index in [-0.39, 0.29) is 12.4 Å². The van der Waals surface area contributed by atoms with Gasteiger partial charge >= 0.3 is 0 Å². The standard InChI is InChI=1S/C18H14FN5O/c1-24-10-13(22-23-24)11-25-18-9-17(16-8-12(19)6-7-20-16)21-15-5-3-2-4-14(15)18/h2-10H,11H2,1H3. The summed E-state index contributed by atoms with van der Waals surface area (Å²) < 4.78 is 21.1. The van der Waals surface area contributed by atoms with Gasteiger partial charge in [0.05, 0.1) is 23.1 Å². The molecule has 0 atom stereocenters. The van der Waals surface area contributed by atoms with E-state index in [1.54, 1.807) is 24.0 Å². The monoisotopic (exact) mass is 335 g/mol. The minimum Gasteiger partial charge on any atom is -0.486 e. The molecular weight excluding hydrogens is 321 g/mol. The molecule has 0 fully saturated rings. The number of hydrogen-bond donors (Lipinski definition) is 0. The first kappa shape index (κ1) is 15.2. The molecule has 124 valence electrons. The average Bonchev–Trinajstić information content (AvgIpc) is 3.05. The Morgan fingerprint density at radius 3 is 2.80 bits per heavy atom. The van der Waals surface area contributed by atoms with E-state index in [0.29, 0.717) is 22.8 Å². The second-order valence-corrected chi connectivity index (χ2v) is 5.55. The zero-order valence-electron chi connectivity index (χ0n) is 13.4. The van der Waals surface area contributed by atoms with Crippen molar-refractivity contribution < 1.29 is 9.13 Å². The minimum absolute atomic E-state index is 0.276. The number of aryl methyl sites for hydroxylation is 1. The van der Waals surface area contributed by atoms with E-state index < -0.39 is 0 Å². The first-order chi connectivity index (χ1) is 12.2. The van der Waals surface area contributed by atoms with Gasteiger partial charge in [0, 0.05) is 30.8 Å². The summed E-state index contributed by atoms with van der Waals surface area (Å²) in [4.78, 5) is 8.76. The number of para-hydroxylation sites is 1. The van der Waals surface area contributed by atoms with Gasteiger partial charge in [-0.3, -0.25) is 9.67 Å². The van der Waals surface area contributed by atoms with Crippen LogP contribution < -0.4 is 4.74 Å². The fourth-order valence-corrected chi connectivity index (χ4v) is 2.55. The van der Waals surface area contributed by atoms with Gasteiger partial charge in [-0.1, -0.05) is 17.3 Å². The number of ether oxygens (including phenoxy) is 1. The van der Waals surface area contributed by atoms with Crippen molar-refractivity contribution in [3.8, 4) is 17.1 Å². The van der Waals surface area contributed by atoms with Crippen LogP contribution in [0, 0.1) is 5.82 Å². The highest BCUT2D eigenvalue weighted by Crippen LogP contribution is 2.29. The number of fused-ring (bicyclic) bond motifs is 1. The molecular formula is C18H14FN5O. The molecule has 6 nitrogen and oxygen atoms in total. The molecule has 0 amide bonds. The molecule has 3 heterocycles. The molecule has 0 bridgehead atoms. The van der Waals surface area contributed by atoms with Gasteiger partial charge in [-0.05, 0) is 18.2 Å². The Morgan fingerprint density at radius 2 is 2.00 bits per heavy atom. The van der Waals surface area contributed by atoms with Crippen LogP contribution in [-0.4, -0.2) is 25.0 Å². The Bertz CT molecular complexity index is 1050. The predicted octanol–water partition coefficient (Wildman–Crippen LogP) is 3.14. The normalized spacial score (nSPS) is 11.0. The van der Waals surface area contributed by atoms with Crippen LogP contribution >= 0.6 is 0 Å². The molecule has 4 aromatic rings. The average molecular weight is 335 g/mol. The van der Waals surface area contributed by atoms with Crippen LogP contribution in [0.15, 0.2) is 54.9 Å². The van der Waals surface area contributed by atoms with Crippen LogP contribution in [0.5, 0.6) is 5.75 Å². The highest BCUT2D eigenvalue weighted by Gasteiger charge is 2.11. The summed E-state index contributed by atoms with van der Waals surface area (Å²) in [5.41, 5.74) is 2.47. The highest BCUT2D eigenvalue weighted by molar-refractivity contribution is 5.87. The van der Waals surface area contributed by atoms with Gasteiger partial charge in [-0.2, -0.15) is 0 Å². The van der Waals surface area contributed by atoms with E-state index in [1.807, 2.05) is 24.3 Å². The van der Waals surface area contributed by atoms with Gasteiger partial charge in [0.2, 0.25) is 0 Å². The first-order valence-corrected chi connectivity index (χ1v) is 7.69. The van der Waals surface area contributed by atoms with Crippen LogP contribution in [0.1, 0.15) is 5.69 Å². The lowest BCUT2D eigenvalue weighted by atomic mass is 10.1. The van der Waals surface area contributed by atoms with Crippen molar-refractivity contribution in [1.29, 1.82) is 0 Å². The molecule has 1 aromatic carbocycles. The van der Waals surface area contributed by atoms with E-state index >= 15 is 0 Å². The quantitative estimate of drug-likeness (QED) is 0.573. The third-order valence-electron chi connectivity index (χ3n) is 3.69. The van der Waals surface area contributed by atoms with Crippen molar-refractivity contribution in [2.45, 2.75) is 6.61 Å². The molecule has 0 saturated carbocycles. The zero-order chi connectivity index (χ0) is 17.2. The van der Waals surface area contributed by atoms with Crippen molar-refractivity contribution in [3.63, 3.8) is 0 Å². The molecule has 3 aromatic heterocycles. The van der Waals surface area contributed by atoms with E-state index in [9.17, 15) is 4.39 Å². The number of halogens is 1. The van der Waals surface area contributed by atoms with Gasteiger partial charge in [0.15, 0.2) is 0 Å². The van der Waals surface area contributed by atoms with Crippen molar-refractivity contribution >= 4 is 10.9 Å². The first-order valence-electron chi connectivity index (χ1n) is 7.69. The number of hydrogen-bond acceptors (Lipinski definition) is 5. The molecule has 0 unspecified atom stereocenters. The maximum atomic E-state index is 13.5. The summed E-state index contributed by atoms with van der Waals surface area (Å²) in [5, 5.41) is 8.77. The summed E-state index contributed by atoms with van der Waals surface area (Å²) in [6.07, 6.45) is 3.21. The number of benzene rings is 1. The maximum Gasteiger partial charge on any atom is 0.134 e. The second kappa shape index (κ2) is 6.27. The SMILES string of the molecule is Cn1cc(COc2cc(-c3cc(F)ccn3)nc3ccccc23)nn1. The van der Waals surface area contributed by atoms with Crippen LogP contribution in [0.2, 0.25) is 0 Å². The number of aromatic nitrogens is 5. The third-order valence-corrected chi connectivity index (χ3v) is 3.69. The van der Waals surface area contributed by atoms with Gasteiger partial charge in [-0.15, -0.1) is 5.10 Å². The van der Waals surface area contributed by atoms with Crippen LogP contribution in [0.4, 0.5) is 4.39 Å². The van der Waals surface area contributed by atoms with E-state index in [4.69, 9.17) is 4.74 Å². The Kier molecular flexibility index (Phi) is 3.81. The summed E-state index contributed by atoms with van der Waals surface area (Å²) in [6, 6.07) is 12.0. The summed E-state index contributed by atoms with van der Waals surface area (Å²) >= 11 is 0. The van der Waals surface area contributed by atoms with E-state index in [0.717, 1.165) is 10.9 Å². The highest BCUT2D eigenvalue weighted by atomic mass is 19.1. The molecule has 0 N–H and O–H groups in total. The zero-order valence-corrected chi connectivity index (χ0v) is 13.4. The molecule has 0 aliphatic heterocycles. The van der Waals surface area contributed by atoms with Crippen LogP contribution in [0.25, 0.3) is 22.3 Å². The van der Waals surface area contributed by atoms with Crippen LogP contribution in [-0.2, 0) is 13.7 Å². The molecule has 4 rings (SSSR count). The lowest BCUT2D eigenvalue weighted by Crippen LogP contribution is -1.99. The lowest BCUT2D eigenvalue weighted by molar-refractivity contribution is 0.305. The third kappa shape index (κ3) is 3.16. The van der Waals surface area contributed by atoms with Crippen molar-refractivity contribution in [1.82, 2.24) is 25.0 Å². The Labute approximate surface area is 142 Å². The Hall–Kier alpha value is -3.35. The second-order valence-electron chi connectivity index (χ2n) is 5.55. The molecule has 0 radical (unpaired) electrons. The minimum atomic E-state index is -0.359. The number of pyridine rings is 2. The van der Waals surface area contributed by atoms with Crippen molar-refractivity contribution in [2.24, 2.45) is 7.05 Å². The smallest absolute Gasteiger partial charge is 0.134 e. The summed E-state index contributed by atoms with van der Waals surface area (Å²) in [6.45, 7) is 0.276. The predicted molar refractivity (Wildman–Crippen MR) is 90.3 cm³/mol. The maximum absolute atomic E-state index is 13.5. The van der Waals surface area contributed by atoms with Gasteiger partial charge in [0.1, 0.15) is 23.9 Å². The van der Waals surface area contributed by atoms with Gasteiger partial charge in [0.25, 0.3) is 0 Å². The number of rotatable bonds is 4. The molecule has 0 saturated heterocycles. The fraction of sp³-hybridized carbons (Fsp3) is 0.111. The van der Waals surface area contributed by atoms with Gasteiger partial charge in [-0.25, -0.2) is 9.37 Å². The largest absolute Gasteiger partial charge is 0.486 e. The summed E-state index contributed by atoms with van der Waals surface area (Å²) in [5.74, 6) is 0.277. The van der Waals surface area contributed by atoms with E-state index in [2.05, 4.69) is 20.3 Å². The molecule has 7 heteroatoms. The Balaban J connectivity index is 1.76. The topological polar surface area (TPSA) is 65.7 Å². The fourth-order valence-electron chi connectivity index (χ4n) is 2.55. The van der Waals surface area contributed by atoms with Crippen molar-refractivity contribution in [2.75, 3.05) is 0 Å². The molecule has 0 spiro atoms.